The smallest absolute Gasteiger partial charge is 0.408 e. The number of nitrogens with one attached hydrogen (secondary N) is 3. The quantitative estimate of drug-likeness (QED) is 0.188. The van der Waals surface area contributed by atoms with Crippen molar-refractivity contribution in [1.29, 1.82) is 0 Å². The first-order valence-corrected chi connectivity index (χ1v) is 13.4. The number of alkyl carbamates (subject to hydrolysis) is 1. The second-order valence-corrected chi connectivity index (χ2v) is 11.7. The van der Waals surface area contributed by atoms with Crippen LogP contribution in [0.3, 0.4) is 0 Å². The fourth-order valence-electron chi connectivity index (χ4n) is 3.68. The first-order chi connectivity index (χ1) is 18.5. The minimum Gasteiger partial charge on any atom is -0.467 e. The lowest BCUT2D eigenvalue weighted by Gasteiger charge is -2.31. The summed E-state index contributed by atoms with van der Waals surface area (Å²) in [5.41, 5.74) is -2.39. The van der Waals surface area contributed by atoms with E-state index in [1.54, 1.807) is 51.1 Å². The van der Waals surface area contributed by atoms with E-state index in [4.69, 9.17) is 14.2 Å². The third-order valence-electron chi connectivity index (χ3n) is 5.66. The molecule has 40 heavy (non-hydrogen) atoms. The first-order valence-electron chi connectivity index (χ1n) is 13.4. The number of hydrogen-bond donors (Lipinski definition) is 3. The van der Waals surface area contributed by atoms with Gasteiger partial charge in [0, 0.05) is 0 Å². The van der Waals surface area contributed by atoms with Crippen LogP contribution in [0.15, 0.2) is 30.3 Å². The van der Waals surface area contributed by atoms with Gasteiger partial charge in [-0.15, -0.1) is 0 Å². The van der Waals surface area contributed by atoms with E-state index < -0.39 is 53.1 Å². The normalized spacial score (nSPS) is 14.4. The van der Waals surface area contributed by atoms with Crippen LogP contribution in [0.2, 0.25) is 0 Å². The van der Waals surface area contributed by atoms with Crippen molar-refractivity contribution in [3.05, 3.63) is 35.9 Å². The van der Waals surface area contributed by atoms with Crippen molar-refractivity contribution in [1.82, 2.24) is 16.0 Å². The van der Waals surface area contributed by atoms with Crippen LogP contribution < -0.4 is 16.0 Å². The Morgan fingerprint density at radius 3 is 1.88 bits per heavy atom. The van der Waals surface area contributed by atoms with Crippen LogP contribution in [0.25, 0.3) is 0 Å². The number of methoxy groups -OCH3 is 1. The molecule has 0 aromatic heterocycles. The van der Waals surface area contributed by atoms with E-state index in [2.05, 4.69) is 16.0 Å². The number of benzene rings is 1. The van der Waals surface area contributed by atoms with Crippen molar-refractivity contribution in [2.24, 2.45) is 11.8 Å². The molecule has 0 aliphatic heterocycles. The molecule has 0 saturated heterocycles. The molecule has 1 aromatic rings. The third-order valence-corrected chi connectivity index (χ3v) is 5.66. The molecular formula is C29H45N3O8. The number of amides is 3. The summed E-state index contributed by atoms with van der Waals surface area (Å²) in [4.78, 5) is 65.3. The molecule has 1 aromatic carbocycles. The summed E-state index contributed by atoms with van der Waals surface area (Å²) in [5, 5.41) is 7.53. The van der Waals surface area contributed by atoms with Crippen molar-refractivity contribution < 1.29 is 38.2 Å². The standard InChI is InChI=1S/C29H45N3O8/c1-18(2)15-21(31-27(37)40-28(5,6)7)23(33)32-29(8,26(36)39-17-20-13-11-10-12-14-20)25(35)30-22(16-19(3)4)24(34)38-9/h10-14,18-19,21-22H,15-17H2,1-9H3,(H,30,35)(H,31,37)(H,32,33)/t21-,22-,29?/m0/s1. The number of esters is 2. The lowest BCUT2D eigenvalue weighted by Crippen LogP contribution is -2.66. The van der Waals surface area contributed by atoms with Gasteiger partial charge in [-0.05, 0) is 57.9 Å². The second kappa shape index (κ2) is 15.2. The number of ether oxygens (including phenoxy) is 3. The highest BCUT2D eigenvalue weighted by atomic mass is 16.6. The summed E-state index contributed by atoms with van der Waals surface area (Å²) in [7, 11) is 1.19. The Morgan fingerprint density at radius 2 is 1.38 bits per heavy atom. The second-order valence-electron chi connectivity index (χ2n) is 11.7. The third kappa shape index (κ3) is 11.6. The zero-order valence-corrected chi connectivity index (χ0v) is 25.1. The van der Waals surface area contributed by atoms with Gasteiger partial charge in [0.25, 0.3) is 5.91 Å². The van der Waals surface area contributed by atoms with Crippen molar-refractivity contribution in [2.45, 2.75) is 98.1 Å². The van der Waals surface area contributed by atoms with Gasteiger partial charge in [0.1, 0.15) is 24.3 Å². The zero-order valence-electron chi connectivity index (χ0n) is 25.1. The van der Waals surface area contributed by atoms with E-state index in [1.165, 1.54) is 14.0 Å². The van der Waals surface area contributed by atoms with Gasteiger partial charge in [0.2, 0.25) is 11.4 Å². The molecule has 0 aliphatic carbocycles. The fourth-order valence-corrected chi connectivity index (χ4v) is 3.68. The van der Waals surface area contributed by atoms with Gasteiger partial charge in [-0.25, -0.2) is 14.4 Å². The van der Waals surface area contributed by atoms with E-state index >= 15 is 0 Å². The van der Waals surface area contributed by atoms with Crippen LogP contribution in [0.1, 0.15) is 73.8 Å². The average Bonchev–Trinajstić information content (AvgIpc) is 2.84. The maximum atomic E-state index is 13.6. The molecule has 0 aliphatic rings. The van der Waals surface area contributed by atoms with E-state index in [0.29, 0.717) is 5.56 Å². The number of carbonyl (C=O) groups excluding carboxylic acids is 5. The summed E-state index contributed by atoms with van der Waals surface area (Å²) in [6, 6.07) is 6.62. The molecule has 0 saturated carbocycles. The lowest BCUT2D eigenvalue weighted by molar-refractivity contribution is -0.160. The molecule has 224 valence electrons. The molecule has 1 unspecified atom stereocenters. The molecule has 0 radical (unpaired) electrons. The molecule has 3 amide bonds. The average molecular weight is 564 g/mol. The van der Waals surface area contributed by atoms with Crippen LogP contribution in [0, 0.1) is 11.8 Å². The molecule has 1 rings (SSSR count). The molecule has 0 fully saturated rings. The minimum absolute atomic E-state index is 0.00345. The molecular weight excluding hydrogens is 518 g/mol. The van der Waals surface area contributed by atoms with Crippen LogP contribution in [0.5, 0.6) is 0 Å². The SMILES string of the molecule is COC(=O)[C@H](CC(C)C)NC(=O)C(C)(NC(=O)[C@H](CC(C)C)NC(=O)OC(C)(C)C)C(=O)OCc1ccccc1. The van der Waals surface area contributed by atoms with E-state index in [9.17, 15) is 24.0 Å². The maximum absolute atomic E-state index is 13.6. The van der Waals surface area contributed by atoms with Gasteiger partial charge >= 0.3 is 18.0 Å². The molecule has 0 heterocycles. The van der Waals surface area contributed by atoms with Crippen LogP contribution >= 0.6 is 0 Å². The van der Waals surface area contributed by atoms with Gasteiger partial charge in [-0.2, -0.15) is 0 Å². The summed E-state index contributed by atoms with van der Waals surface area (Å²) >= 11 is 0. The summed E-state index contributed by atoms with van der Waals surface area (Å²) < 4.78 is 15.5. The number of carbonyl (C=O) groups is 5. The Labute approximate surface area is 237 Å². The van der Waals surface area contributed by atoms with Crippen molar-refractivity contribution >= 4 is 29.8 Å². The predicted octanol–water partition coefficient (Wildman–Crippen LogP) is 3.25. The van der Waals surface area contributed by atoms with Gasteiger partial charge in [-0.1, -0.05) is 58.0 Å². The minimum atomic E-state index is -2.25. The van der Waals surface area contributed by atoms with Crippen LogP contribution in [0.4, 0.5) is 4.79 Å². The molecule has 3 atom stereocenters. The van der Waals surface area contributed by atoms with Crippen molar-refractivity contribution in [3.63, 3.8) is 0 Å². The highest BCUT2D eigenvalue weighted by Crippen LogP contribution is 2.16. The first kappa shape index (κ1) is 34.4. The van der Waals surface area contributed by atoms with Gasteiger partial charge in [0.05, 0.1) is 7.11 Å². The predicted molar refractivity (Wildman–Crippen MR) is 149 cm³/mol. The van der Waals surface area contributed by atoms with Gasteiger partial charge < -0.3 is 30.2 Å². The van der Waals surface area contributed by atoms with Crippen LogP contribution in [-0.2, 0) is 40.0 Å². The van der Waals surface area contributed by atoms with Gasteiger partial charge in [0.15, 0.2) is 0 Å². The molecule has 0 bridgehead atoms. The highest BCUT2D eigenvalue weighted by molar-refractivity contribution is 6.10. The fraction of sp³-hybridized carbons (Fsp3) is 0.621. The number of rotatable bonds is 13. The Hall–Kier alpha value is -3.63. The molecule has 0 spiro atoms. The maximum Gasteiger partial charge on any atom is 0.408 e. The monoisotopic (exact) mass is 563 g/mol. The van der Waals surface area contributed by atoms with Crippen molar-refractivity contribution in [2.75, 3.05) is 7.11 Å². The van der Waals surface area contributed by atoms with Crippen molar-refractivity contribution in [3.8, 4) is 0 Å². The highest BCUT2D eigenvalue weighted by Gasteiger charge is 2.47. The Bertz CT molecular complexity index is 1020. The summed E-state index contributed by atoms with van der Waals surface area (Å²) in [6.45, 7) is 13.5. The lowest BCUT2D eigenvalue weighted by atomic mass is 9.96. The largest absolute Gasteiger partial charge is 0.467 e. The topological polar surface area (TPSA) is 149 Å². The van der Waals surface area contributed by atoms with Crippen LogP contribution in [-0.4, -0.2) is 60.2 Å². The van der Waals surface area contributed by atoms with Gasteiger partial charge in [-0.3, -0.25) is 9.59 Å². The van der Waals surface area contributed by atoms with E-state index in [-0.39, 0.29) is 31.3 Å². The molecule has 11 nitrogen and oxygen atoms in total. The zero-order chi connectivity index (χ0) is 30.7. The Balaban J connectivity index is 3.32. The number of hydrogen-bond acceptors (Lipinski definition) is 8. The van der Waals surface area contributed by atoms with E-state index in [1.807, 2.05) is 27.7 Å². The molecule has 3 N–H and O–H groups in total. The summed E-state index contributed by atoms with van der Waals surface area (Å²) in [5.74, 6) is -3.54. The van der Waals surface area contributed by atoms with E-state index in [0.717, 1.165) is 0 Å². The Kier molecular flexibility index (Phi) is 13.1. The Morgan fingerprint density at radius 1 is 0.825 bits per heavy atom. The molecule has 11 heteroatoms. The summed E-state index contributed by atoms with van der Waals surface area (Å²) in [6.07, 6.45) is -0.397.